The van der Waals surface area contributed by atoms with Gasteiger partial charge < -0.3 is 35.2 Å². The van der Waals surface area contributed by atoms with Crippen molar-refractivity contribution in [3.63, 3.8) is 0 Å². The summed E-state index contributed by atoms with van der Waals surface area (Å²) in [6.45, 7) is 12.9. The molecule has 9 heteroatoms. The summed E-state index contributed by atoms with van der Waals surface area (Å²) in [4.78, 5) is 33.0. The van der Waals surface area contributed by atoms with Gasteiger partial charge in [-0.1, -0.05) is 20.8 Å². The van der Waals surface area contributed by atoms with Crippen LogP contribution in [0.15, 0.2) is 28.7 Å². The molecule has 1 aliphatic carbocycles. The average molecular weight is 615 g/mol. The molecule has 45 heavy (non-hydrogen) atoms. The molecule has 6 atom stereocenters. The van der Waals surface area contributed by atoms with Gasteiger partial charge in [-0.25, -0.2) is 0 Å². The number of H-pyrrole nitrogens is 2. The summed E-state index contributed by atoms with van der Waals surface area (Å²) in [7, 11) is 2.76. The summed E-state index contributed by atoms with van der Waals surface area (Å²) in [6, 6.07) is 0.130. The molecule has 240 valence electrons. The van der Waals surface area contributed by atoms with Gasteiger partial charge in [0.15, 0.2) is 0 Å². The van der Waals surface area contributed by atoms with Gasteiger partial charge in [0.25, 0.3) is 0 Å². The van der Waals surface area contributed by atoms with Gasteiger partial charge in [0, 0.05) is 68.8 Å². The number of methoxy groups -OCH3 is 2. The van der Waals surface area contributed by atoms with Gasteiger partial charge in [0.2, 0.25) is 0 Å². The van der Waals surface area contributed by atoms with Crippen LogP contribution in [0.4, 0.5) is 0 Å². The number of allylic oxidation sites excluding steroid dienone is 3. The molecule has 2 aromatic heterocycles. The van der Waals surface area contributed by atoms with Crippen LogP contribution in [0, 0.1) is 37.5 Å². The molecular weight excluding hydrogens is 568 g/mol. The predicted octanol–water partition coefficient (Wildman–Crippen LogP) is 3.66. The third-order valence-electron chi connectivity index (χ3n) is 10.8. The standard InChI is InChI=1S/C36H46N4O5/c1-9-20-16(3)23-13-25-18(5)22(11-12-29(41)44-7)33(39-25)31-32(36(43)45-8)35(42)30-19(6)26(40-34(30)31)15-28-21(10-2)17(4)24(38-28)14-27(20)37-23/h13-15,18,20,22,27,32,35,37-40,42H,9-12H2,1-8H3/b24-14-,25-13-,28-15-,33-31-/t18-,20+,22-,27?,32+,35+/m0/s1. The number of aromatic nitrogens is 2. The van der Waals surface area contributed by atoms with E-state index in [-0.39, 0.29) is 30.3 Å². The Balaban J connectivity index is 1.67. The van der Waals surface area contributed by atoms with Crippen LogP contribution in [0.5, 0.6) is 0 Å². The van der Waals surface area contributed by atoms with E-state index in [2.05, 4.69) is 73.4 Å². The highest BCUT2D eigenvalue weighted by atomic mass is 16.5. The van der Waals surface area contributed by atoms with E-state index in [0.717, 1.165) is 57.6 Å². The second-order valence-corrected chi connectivity index (χ2v) is 13.0. The van der Waals surface area contributed by atoms with Crippen molar-refractivity contribution in [3.05, 3.63) is 73.1 Å². The van der Waals surface area contributed by atoms with E-state index < -0.39 is 18.0 Å². The fourth-order valence-corrected chi connectivity index (χ4v) is 8.18. The van der Waals surface area contributed by atoms with Crippen molar-refractivity contribution in [1.82, 2.24) is 20.6 Å². The van der Waals surface area contributed by atoms with Gasteiger partial charge in [0.05, 0.1) is 32.1 Å². The zero-order valence-corrected chi connectivity index (χ0v) is 27.6. The lowest BCUT2D eigenvalue weighted by molar-refractivity contribution is -0.146. The number of rotatable bonds is 6. The third-order valence-corrected chi connectivity index (χ3v) is 10.8. The highest BCUT2D eigenvalue weighted by Gasteiger charge is 2.48. The van der Waals surface area contributed by atoms with Crippen LogP contribution in [0.1, 0.15) is 86.7 Å². The van der Waals surface area contributed by atoms with Crippen molar-refractivity contribution in [2.75, 3.05) is 14.2 Å². The summed E-state index contributed by atoms with van der Waals surface area (Å²) in [6.07, 6.45) is 8.22. The molecule has 9 nitrogen and oxygen atoms in total. The highest BCUT2D eigenvalue weighted by Crippen LogP contribution is 2.52. The van der Waals surface area contributed by atoms with Crippen molar-refractivity contribution < 1.29 is 24.2 Å². The second kappa shape index (κ2) is 11.7. The molecule has 6 rings (SSSR count). The van der Waals surface area contributed by atoms with Crippen LogP contribution in [-0.4, -0.2) is 47.3 Å². The number of nitrogens with one attached hydrogen (secondary N) is 4. The summed E-state index contributed by atoms with van der Waals surface area (Å²) in [5.41, 5.74) is 10.6. The first-order valence-electron chi connectivity index (χ1n) is 16.2. The van der Waals surface area contributed by atoms with E-state index in [0.29, 0.717) is 23.5 Å². The van der Waals surface area contributed by atoms with E-state index in [9.17, 15) is 14.7 Å². The largest absolute Gasteiger partial charge is 0.469 e. The fraction of sp³-hybridized carbons (Fsp3) is 0.500. The van der Waals surface area contributed by atoms with E-state index in [4.69, 9.17) is 9.47 Å². The minimum absolute atomic E-state index is 0.0135. The Labute approximate surface area is 264 Å². The molecule has 8 bridgehead atoms. The first kappa shape index (κ1) is 31.0. The van der Waals surface area contributed by atoms with Gasteiger partial charge in [-0.2, -0.15) is 0 Å². The first-order chi connectivity index (χ1) is 21.5. The van der Waals surface area contributed by atoms with Gasteiger partial charge in [-0.15, -0.1) is 0 Å². The molecule has 0 radical (unpaired) electrons. The molecule has 1 unspecified atom stereocenters. The molecule has 0 saturated carbocycles. The minimum Gasteiger partial charge on any atom is -0.469 e. The predicted molar refractivity (Wildman–Crippen MR) is 174 cm³/mol. The molecule has 5 heterocycles. The lowest BCUT2D eigenvalue weighted by Gasteiger charge is -2.21. The van der Waals surface area contributed by atoms with Crippen LogP contribution in [-0.2, 0) is 25.5 Å². The third kappa shape index (κ3) is 4.87. The zero-order chi connectivity index (χ0) is 32.3. The first-order valence-corrected chi connectivity index (χ1v) is 16.2. The molecular formula is C36H46N4O5. The van der Waals surface area contributed by atoms with E-state index in [1.807, 2.05) is 6.92 Å². The Hall–Kier alpha value is -3.98. The fourth-order valence-electron chi connectivity index (χ4n) is 8.18. The Bertz CT molecular complexity index is 1790. The summed E-state index contributed by atoms with van der Waals surface area (Å²) >= 11 is 0. The molecule has 2 aromatic rings. The lowest BCUT2D eigenvalue weighted by Crippen LogP contribution is -2.29. The Morgan fingerprint density at radius 1 is 0.978 bits per heavy atom. The number of hydrogen-bond donors (Lipinski definition) is 5. The van der Waals surface area contributed by atoms with Gasteiger partial charge >= 0.3 is 11.9 Å². The molecule has 5 N–H and O–H groups in total. The quantitative estimate of drug-likeness (QED) is 0.314. The van der Waals surface area contributed by atoms with E-state index in [1.54, 1.807) is 0 Å². The number of fused-ring (bicyclic) bond motifs is 7. The van der Waals surface area contributed by atoms with E-state index >= 15 is 0 Å². The molecule has 0 spiro atoms. The highest BCUT2D eigenvalue weighted by molar-refractivity contribution is 5.95. The maximum atomic E-state index is 13.4. The van der Waals surface area contributed by atoms with Crippen LogP contribution >= 0.6 is 0 Å². The topological polar surface area (TPSA) is 128 Å². The van der Waals surface area contributed by atoms with Crippen molar-refractivity contribution in [2.45, 2.75) is 79.4 Å². The number of esters is 2. The monoisotopic (exact) mass is 614 g/mol. The van der Waals surface area contributed by atoms with Gasteiger partial charge in [-0.3, -0.25) is 9.59 Å². The van der Waals surface area contributed by atoms with Crippen molar-refractivity contribution in [1.29, 1.82) is 0 Å². The summed E-state index contributed by atoms with van der Waals surface area (Å²) in [5.74, 6) is -1.45. The number of aliphatic hydroxyl groups excluding tert-OH is 1. The maximum absolute atomic E-state index is 13.4. The Morgan fingerprint density at radius 2 is 1.73 bits per heavy atom. The van der Waals surface area contributed by atoms with Crippen molar-refractivity contribution >= 4 is 29.7 Å². The Morgan fingerprint density at radius 3 is 2.40 bits per heavy atom. The smallest absolute Gasteiger partial charge is 0.316 e. The summed E-state index contributed by atoms with van der Waals surface area (Å²) < 4.78 is 10.3. The number of aliphatic hydroxyl groups is 1. The number of hydrogen-bond acceptors (Lipinski definition) is 7. The molecule has 3 aliphatic heterocycles. The molecule has 0 aromatic carbocycles. The number of ether oxygens (including phenoxy) is 2. The normalized spacial score (nSPS) is 30.9. The number of carbonyl (C=O) groups is 2. The number of aromatic amines is 2. The van der Waals surface area contributed by atoms with Crippen LogP contribution in [0.25, 0.3) is 17.7 Å². The maximum Gasteiger partial charge on any atom is 0.316 e. The summed E-state index contributed by atoms with van der Waals surface area (Å²) in [5, 5.41) is 21.4. The van der Waals surface area contributed by atoms with E-state index in [1.165, 1.54) is 30.9 Å². The molecule has 1 saturated heterocycles. The minimum atomic E-state index is -1.08. The van der Waals surface area contributed by atoms with Gasteiger partial charge in [-0.05, 0) is 80.5 Å². The molecule has 1 fully saturated rings. The van der Waals surface area contributed by atoms with Crippen LogP contribution < -0.4 is 21.3 Å². The number of carbonyl (C=O) groups excluding carboxylic acids is 2. The SMILES string of the molecule is CCc1c(C)/c2[nH]/c1=C\c1[nH]c3c(c1C)[C@@H](O)[C@H](C(=O)OC)/C3=C1/N/C(=C\C3=C(C)[C@@H](CC)C(\C=2)N3)[C@@H](C)[C@@H]1CCC(=O)OC. The lowest BCUT2D eigenvalue weighted by atomic mass is 9.84. The molecule has 0 amide bonds. The van der Waals surface area contributed by atoms with Crippen LogP contribution in [0.3, 0.4) is 0 Å². The van der Waals surface area contributed by atoms with Crippen molar-refractivity contribution in [2.24, 2.45) is 23.7 Å². The zero-order valence-electron chi connectivity index (χ0n) is 27.6. The van der Waals surface area contributed by atoms with Crippen LogP contribution in [0.2, 0.25) is 0 Å². The van der Waals surface area contributed by atoms with Crippen molar-refractivity contribution in [3.8, 4) is 0 Å². The Kier molecular flexibility index (Phi) is 8.10. The molecule has 4 aliphatic rings. The van der Waals surface area contributed by atoms with Gasteiger partial charge in [0.1, 0.15) is 5.92 Å². The average Bonchev–Trinajstić information content (AvgIpc) is 3.76. The second-order valence-electron chi connectivity index (χ2n) is 13.0.